The van der Waals surface area contributed by atoms with Gasteiger partial charge in [0, 0.05) is 17.7 Å². The highest BCUT2D eigenvalue weighted by Gasteiger charge is 2.23. The SMILES string of the molecule is O=C(Nc1ccc(Cl)c(Cl)c1)N[C@H]1CCCc2occc21. The van der Waals surface area contributed by atoms with Crippen LogP contribution in [0.4, 0.5) is 10.5 Å². The molecule has 0 saturated carbocycles. The van der Waals surface area contributed by atoms with Gasteiger partial charge in [0.05, 0.1) is 22.4 Å². The molecule has 1 atom stereocenters. The zero-order chi connectivity index (χ0) is 14.8. The van der Waals surface area contributed by atoms with Gasteiger partial charge in [-0.3, -0.25) is 0 Å². The van der Waals surface area contributed by atoms with E-state index in [-0.39, 0.29) is 12.1 Å². The molecule has 21 heavy (non-hydrogen) atoms. The van der Waals surface area contributed by atoms with Crippen molar-refractivity contribution in [1.29, 1.82) is 0 Å². The number of aryl methyl sites for hydroxylation is 1. The van der Waals surface area contributed by atoms with Crippen LogP contribution in [0, 0.1) is 0 Å². The maximum atomic E-state index is 12.1. The Morgan fingerprint density at radius 3 is 2.90 bits per heavy atom. The quantitative estimate of drug-likeness (QED) is 0.834. The molecular weight excluding hydrogens is 311 g/mol. The number of anilines is 1. The first-order valence-electron chi connectivity index (χ1n) is 6.72. The average Bonchev–Trinajstić information content (AvgIpc) is 2.92. The maximum absolute atomic E-state index is 12.1. The first kappa shape index (κ1) is 14.3. The van der Waals surface area contributed by atoms with Crippen molar-refractivity contribution >= 4 is 34.9 Å². The van der Waals surface area contributed by atoms with E-state index in [2.05, 4.69) is 10.6 Å². The molecule has 1 aliphatic rings. The molecule has 1 aromatic carbocycles. The lowest BCUT2D eigenvalue weighted by Gasteiger charge is -2.22. The largest absolute Gasteiger partial charge is 0.469 e. The first-order chi connectivity index (χ1) is 10.1. The molecule has 0 aliphatic heterocycles. The summed E-state index contributed by atoms with van der Waals surface area (Å²) in [6, 6.07) is 6.60. The fourth-order valence-electron chi connectivity index (χ4n) is 2.54. The second-order valence-corrected chi connectivity index (χ2v) is 5.79. The number of hydrogen-bond donors (Lipinski definition) is 2. The number of benzene rings is 1. The van der Waals surface area contributed by atoms with E-state index in [0.29, 0.717) is 15.7 Å². The summed E-state index contributed by atoms with van der Waals surface area (Å²) in [6.07, 6.45) is 4.50. The molecule has 2 N–H and O–H groups in total. The van der Waals surface area contributed by atoms with Crippen LogP contribution in [0.25, 0.3) is 0 Å². The third kappa shape index (κ3) is 3.17. The lowest BCUT2D eigenvalue weighted by atomic mass is 9.93. The van der Waals surface area contributed by atoms with Gasteiger partial charge in [-0.1, -0.05) is 23.2 Å². The molecule has 1 aromatic heterocycles. The van der Waals surface area contributed by atoms with E-state index >= 15 is 0 Å². The Balaban J connectivity index is 1.66. The van der Waals surface area contributed by atoms with Crippen molar-refractivity contribution in [3.8, 4) is 0 Å². The summed E-state index contributed by atoms with van der Waals surface area (Å²) < 4.78 is 5.41. The van der Waals surface area contributed by atoms with Crippen LogP contribution >= 0.6 is 23.2 Å². The number of rotatable bonds is 2. The Morgan fingerprint density at radius 1 is 1.24 bits per heavy atom. The summed E-state index contributed by atoms with van der Waals surface area (Å²) in [5.41, 5.74) is 1.66. The summed E-state index contributed by atoms with van der Waals surface area (Å²) in [6.45, 7) is 0. The number of nitrogens with one attached hydrogen (secondary N) is 2. The van der Waals surface area contributed by atoms with Crippen LogP contribution < -0.4 is 10.6 Å². The van der Waals surface area contributed by atoms with E-state index in [1.54, 1.807) is 24.5 Å². The molecule has 2 amide bonds. The van der Waals surface area contributed by atoms with Crippen molar-refractivity contribution in [2.24, 2.45) is 0 Å². The lowest BCUT2D eigenvalue weighted by molar-refractivity contribution is 0.246. The summed E-state index contributed by atoms with van der Waals surface area (Å²) in [4.78, 5) is 12.1. The molecule has 1 heterocycles. The summed E-state index contributed by atoms with van der Waals surface area (Å²) in [5, 5.41) is 6.58. The predicted molar refractivity (Wildman–Crippen MR) is 83.0 cm³/mol. The van der Waals surface area contributed by atoms with Crippen molar-refractivity contribution in [1.82, 2.24) is 5.32 Å². The summed E-state index contributed by atoms with van der Waals surface area (Å²) in [5.74, 6) is 0.959. The monoisotopic (exact) mass is 324 g/mol. The van der Waals surface area contributed by atoms with Gasteiger partial charge < -0.3 is 15.1 Å². The van der Waals surface area contributed by atoms with Gasteiger partial charge in [0.15, 0.2) is 0 Å². The molecule has 3 rings (SSSR count). The van der Waals surface area contributed by atoms with Gasteiger partial charge in [-0.25, -0.2) is 4.79 Å². The minimum absolute atomic E-state index is 0.0183. The molecule has 6 heteroatoms. The van der Waals surface area contributed by atoms with Gasteiger partial charge in [-0.05, 0) is 37.1 Å². The van der Waals surface area contributed by atoms with E-state index < -0.39 is 0 Å². The second kappa shape index (κ2) is 6.00. The van der Waals surface area contributed by atoms with Crippen LogP contribution in [-0.4, -0.2) is 6.03 Å². The van der Waals surface area contributed by atoms with Crippen LogP contribution in [0.3, 0.4) is 0 Å². The highest BCUT2D eigenvalue weighted by atomic mass is 35.5. The molecule has 4 nitrogen and oxygen atoms in total. The van der Waals surface area contributed by atoms with Gasteiger partial charge in [0.2, 0.25) is 0 Å². The van der Waals surface area contributed by atoms with Gasteiger partial charge in [-0.15, -0.1) is 0 Å². The molecule has 0 spiro atoms. The average molecular weight is 325 g/mol. The third-order valence-corrected chi connectivity index (χ3v) is 4.27. The number of halogens is 2. The van der Waals surface area contributed by atoms with Crippen molar-refractivity contribution < 1.29 is 9.21 Å². The summed E-state index contributed by atoms with van der Waals surface area (Å²) in [7, 11) is 0. The molecule has 0 bridgehead atoms. The number of carbonyl (C=O) groups is 1. The Kier molecular flexibility index (Phi) is 4.08. The third-order valence-electron chi connectivity index (χ3n) is 3.53. The van der Waals surface area contributed by atoms with Crippen LogP contribution in [-0.2, 0) is 6.42 Å². The van der Waals surface area contributed by atoms with Crippen LogP contribution in [0.1, 0.15) is 30.2 Å². The minimum Gasteiger partial charge on any atom is -0.469 e. The van der Waals surface area contributed by atoms with E-state index in [4.69, 9.17) is 27.6 Å². The fraction of sp³-hybridized carbons (Fsp3) is 0.267. The molecule has 0 fully saturated rings. The Hall–Kier alpha value is -1.65. The summed E-state index contributed by atoms with van der Waals surface area (Å²) >= 11 is 11.8. The number of urea groups is 1. The first-order valence-corrected chi connectivity index (χ1v) is 7.48. The smallest absolute Gasteiger partial charge is 0.319 e. The van der Waals surface area contributed by atoms with E-state index in [1.165, 1.54) is 0 Å². The number of fused-ring (bicyclic) bond motifs is 1. The highest BCUT2D eigenvalue weighted by molar-refractivity contribution is 6.42. The van der Waals surface area contributed by atoms with Crippen LogP contribution in [0.2, 0.25) is 10.0 Å². The minimum atomic E-state index is -0.271. The number of furan rings is 1. The molecule has 110 valence electrons. The Labute approximate surface area is 132 Å². The topological polar surface area (TPSA) is 54.3 Å². The Bertz CT molecular complexity index is 669. The van der Waals surface area contributed by atoms with Crippen molar-refractivity contribution in [3.05, 3.63) is 51.9 Å². The molecule has 2 aromatic rings. The van der Waals surface area contributed by atoms with Gasteiger partial charge >= 0.3 is 6.03 Å². The molecular formula is C15H14Cl2N2O2. The van der Waals surface area contributed by atoms with E-state index in [1.807, 2.05) is 6.07 Å². The Morgan fingerprint density at radius 2 is 2.10 bits per heavy atom. The number of hydrogen-bond acceptors (Lipinski definition) is 2. The standard InChI is InChI=1S/C15H14Cl2N2O2/c16-11-5-4-9(8-12(11)17)18-15(20)19-13-2-1-3-14-10(13)6-7-21-14/h4-8,13H,1-3H2,(H2,18,19,20)/t13-/m0/s1. The van der Waals surface area contributed by atoms with Crippen LogP contribution in [0.15, 0.2) is 34.9 Å². The van der Waals surface area contributed by atoms with Gasteiger partial charge in [0.1, 0.15) is 5.76 Å². The van der Waals surface area contributed by atoms with Gasteiger partial charge in [-0.2, -0.15) is 0 Å². The lowest BCUT2D eigenvalue weighted by Crippen LogP contribution is -2.34. The fourth-order valence-corrected chi connectivity index (χ4v) is 2.83. The van der Waals surface area contributed by atoms with Crippen LogP contribution in [0.5, 0.6) is 0 Å². The van der Waals surface area contributed by atoms with E-state index in [9.17, 15) is 4.79 Å². The molecule has 1 aliphatic carbocycles. The highest BCUT2D eigenvalue weighted by Crippen LogP contribution is 2.30. The number of amides is 2. The zero-order valence-corrected chi connectivity index (χ0v) is 12.7. The zero-order valence-electron chi connectivity index (χ0n) is 11.2. The second-order valence-electron chi connectivity index (χ2n) is 4.97. The number of carbonyl (C=O) groups excluding carboxylic acids is 1. The van der Waals surface area contributed by atoms with Crippen molar-refractivity contribution in [2.45, 2.75) is 25.3 Å². The molecule has 0 saturated heterocycles. The maximum Gasteiger partial charge on any atom is 0.319 e. The predicted octanol–water partition coefficient (Wildman–Crippen LogP) is 4.79. The van der Waals surface area contributed by atoms with Crippen molar-refractivity contribution in [2.75, 3.05) is 5.32 Å². The van der Waals surface area contributed by atoms with Gasteiger partial charge in [0.25, 0.3) is 0 Å². The normalized spacial score (nSPS) is 17.1. The van der Waals surface area contributed by atoms with E-state index in [0.717, 1.165) is 30.6 Å². The molecule has 0 radical (unpaired) electrons. The van der Waals surface area contributed by atoms with Crippen molar-refractivity contribution in [3.63, 3.8) is 0 Å². The molecule has 0 unspecified atom stereocenters.